The lowest BCUT2D eigenvalue weighted by atomic mass is 9.95. The van der Waals surface area contributed by atoms with Crippen molar-refractivity contribution in [3.63, 3.8) is 0 Å². The highest BCUT2D eigenvalue weighted by atomic mass is 16.5. The number of para-hydroxylation sites is 4. The van der Waals surface area contributed by atoms with Crippen molar-refractivity contribution < 1.29 is 9.30 Å². The third-order valence-electron chi connectivity index (χ3n) is 13.7. The minimum Gasteiger partial charge on any atom is -0.458 e. The van der Waals surface area contributed by atoms with E-state index < -0.39 is 0 Å². The predicted octanol–water partition coefficient (Wildman–Crippen LogP) is 15.6. The standard InChI is InChI=1S/C64H41N5O/c1-3-17-43(18-4-1)50-28-16-29-51(44-19-5-2-6-20-44)63(50)67-42-66(60-36-33-45-21-7-8-24-52(45)64(60)67)46-22-15-23-48(39-46)70-49-34-35-56-55-27-11-14-32-59(55)69(61(56)41-49)62-40-47(37-38-65-62)68-57-30-12-9-25-53(57)54-26-10-13-31-58(54)68/h1-41H. The molecule has 0 N–H and O–H groups in total. The molecule has 4 heterocycles. The van der Waals surface area contributed by atoms with Crippen LogP contribution in [0.25, 0.3) is 111 Å². The molecule has 0 saturated heterocycles. The van der Waals surface area contributed by atoms with Gasteiger partial charge in [-0.1, -0.05) is 176 Å². The first-order chi connectivity index (χ1) is 34.7. The van der Waals surface area contributed by atoms with Crippen LogP contribution < -0.4 is 9.30 Å². The second-order valence-corrected chi connectivity index (χ2v) is 17.7. The molecule has 14 rings (SSSR count). The Bertz CT molecular complexity index is 4220. The quantitative estimate of drug-likeness (QED) is 0.113. The second kappa shape index (κ2) is 16.1. The number of pyridine rings is 1. The number of nitrogens with zero attached hydrogens (tertiary/aromatic N) is 5. The van der Waals surface area contributed by atoms with Crippen LogP contribution in [0, 0.1) is 6.33 Å². The molecule has 0 radical (unpaired) electrons. The molecule has 6 nitrogen and oxygen atoms in total. The summed E-state index contributed by atoms with van der Waals surface area (Å²) in [6.07, 6.45) is 5.81. The monoisotopic (exact) mass is 895 g/mol. The Morgan fingerprint density at radius 2 is 0.986 bits per heavy atom. The minimum atomic E-state index is 0.711. The highest BCUT2D eigenvalue weighted by Crippen LogP contribution is 2.40. The summed E-state index contributed by atoms with van der Waals surface area (Å²) in [4.78, 5) is 5.02. The van der Waals surface area contributed by atoms with E-state index in [-0.39, 0.29) is 0 Å². The molecule has 10 aromatic carbocycles. The molecule has 0 spiro atoms. The Hall–Kier alpha value is -9.52. The van der Waals surface area contributed by atoms with Crippen LogP contribution >= 0.6 is 0 Å². The summed E-state index contributed by atoms with van der Waals surface area (Å²) in [5, 5.41) is 7.02. The van der Waals surface area contributed by atoms with Gasteiger partial charge in [-0.25, -0.2) is 4.98 Å². The summed E-state index contributed by atoms with van der Waals surface area (Å²) >= 11 is 0. The maximum atomic E-state index is 6.87. The Balaban J connectivity index is 0.903. The lowest BCUT2D eigenvalue weighted by Crippen LogP contribution is -2.29. The predicted molar refractivity (Wildman–Crippen MR) is 285 cm³/mol. The Labute approximate surface area is 403 Å². The first kappa shape index (κ1) is 39.6. The topological polar surface area (TPSA) is 40.8 Å². The van der Waals surface area contributed by atoms with Gasteiger partial charge in [0.1, 0.15) is 17.3 Å². The van der Waals surface area contributed by atoms with Crippen molar-refractivity contribution in [3.8, 4) is 56.6 Å². The van der Waals surface area contributed by atoms with Crippen LogP contribution in [0.4, 0.5) is 0 Å². The molecule has 0 unspecified atom stereocenters. The molecule has 14 aromatic rings. The van der Waals surface area contributed by atoms with Gasteiger partial charge in [-0.05, 0) is 87.6 Å². The molecule has 0 saturated carbocycles. The maximum absolute atomic E-state index is 6.87. The third-order valence-corrected chi connectivity index (χ3v) is 13.7. The van der Waals surface area contributed by atoms with E-state index in [2.05, 4.69) is 261 Å². The van der Waals surface area contributed by atoms with Crippen molar-refractivity contribution in [2.45, 2.75) is 0 Å². The van der Waals surface area contributed by atoms with Gasteiger partial charge in [-0.15, -0.1) is 0 Å². The average molecular weight is 896 g/mol. The van der Waals surface area contributed by atoms with Gasteiger partial charge >= 0.3 is 0 Å². The summed E-state index contributed by atoms with van der Waals surface area (Å²) in [5.74, 6) is 2.26. The normalized spacial score (nSPS) is 11.7. The number of rotatable bonds is 8. The van der Waals surface area contributed by atoms with E-state index >= 15 is 0 Å². The van der Waals surface area contributed by atoms with Gasteiger partial charge in [0.25, 0.3) is 6.33 Å². The van der Waals surface area contributed by atoms with Crippen LogP contribution in [0.5, 0.6) is 11.5 Å². The fraction of sp³-hybridized carbons (Fsp3) is 0. The van der Waals surface area contributed by atoms with E-state index in [0.717, 1.165) is 106 Å². The molecule has 0 amide bonds. The zero-order chi connectivity index (χ0) is 46.1. The van der Waals surface area contributed by atoms with Crippen LogP contribution in [0.1, 0.15) is 0 Å². The fourth-order valence-corrected chi connectivity index (χ4v) is 10.7. The molecule has 6 heteroatoms. The van der Waals surface area contributed by atoms with Crippen molar-refractivity contribution >= 4 is 65.4 Å². The number of hydrogen-bond donors (Lipinski definition) is 0. The zero-order valence-corrected chi connectivity index (χ0v) is 37.8. The van der Waals surface area contributed by atoms with Crippen LogP contribution in [-0.4, -0.2) is 18.7 Å². The van der Waals surface area contributed by atoms with Gasteiger partial charge in [0, 0.05) is 39.9 Å². The highest BCUT2D eigenvalue weighted by molar-refractivity contribution is 6.11. The van der Waals surface area contributed by atoms with E-state index in [1.807, 2.05) is 12.3 Å². The van der Waals surface area contributed by atoms with Crippen molar-refractivity contribution in [3.05, 3.63) is 255 Å². The van der Waals surface area contributed by atoms with Crippen LogP contribution in [0.3, 0.4) is 0 Å². The fourth-order valence-electron chi connectivity index (χ4n) is 10.7. The van der Waals surface area contributed by atoms with E-state index in [9.17, 15) is 0 Å². The van der Waals surface area contributed by atoms with Gasteiger partial charge in [-0.3, -0.25) is 13.7 Å². The van der Waals surface area contributed by atoms with Gasteiger partial charge in [-0.2, -0.15) is 0 Å². The van der Waals surface area contributed by atoms with Gasteiger partial charge < -0.3 is 9.30 Å². The second-order valence-electron chi connectivity index (χ2n) is 17.7. The van der Waals surface area contributed by atoms with Crippen LogP contribution in [0.15, 0.2) is 249 Å². The highest BCUT2D eigenvalue weighted by Gasteiger charge is 2.22. The molecule has 328 valence electrons. The molecule has 0 bridgehead atoms. The molecule has 0 aliphatic heterocycles. The molecule has 4 aromatic heterocycles. The largest absolute Gasteiger partial charge is 0.458 e. The van der Waals surface area contributed by atoms with Gasteiger partial charge in [0.2, 0.25) is 0 Å². The van der Waals surface area contributed by atoms with Crippen molar-refractivity contribution in [2.75, 3.05) is 0 Å². The minimum absolute atomic E-state index is 0.711. The number of hydrogen-bond acceptors (Lipinski definition) is 2. The Morgan fingerprint density at radius 1 is 0.414 bits per heavy atom. The van der Waals surface area contributed by atoms with E-state index in [0.29, 0.717) is 5.75 Å². The van der Waals surface area contributed by atoms with Crippen LogP contribution in [0.2, 0.25) is 0 Å². The Morgan fingerprint density at radius 3 is 1.67 bits per heavy atom. The van der Waals surface area contributed by atoms with E-state index in [1.165, 1.54) is 10.8 Å². The summed E-state index contributed by atoms with van der Waals surface area (Å²) in [6, 6.07) is 85.6. The number of fused-ring (bicyclic) bond motifs is 9. The van der Waals surface area contributed by atoms with Gasteiger partial charge in [0.05, 0.1) is 50.2 Å². The van der Waals surface area contributed by atoms with Crippen molar-refractivity contribution in [1.82, 2.24) is 18.7 Å². The van der Waals surface area contributed by atoms with E-state index in [1.54, 1.807) is 0 Å². The average Bonchev–Trinajstić information content (AvgIpc) is 4.09. The molecule has 0 fully saturated rings. The lowest BCUT2D eigenvalue weighted by molar-refractivity contribution is -0.572. The zero-order valence-electron chi connectivity index (χ0n) is 37.8. The van der Waals surface area contributed by atoms with Crippen LogP contribution in [-0.2, 0) is 0 Å². The summed E-state index contributed by atoms with van der Waals surface area (Å²) < 4.78 is 15.9. The smallest absolute Gasteiger partial charge is 0.269 e. The first-order valence-corrected chi connectivity index (χ1v) is 23.6. The van der Waals surface area contributed by atoms with Crippen molar-refractivity contribution in [2.24, 2.45) is 0 Å². The van der Waals surface area contributed by atoms with E-state index in [4.69, 9.17) is 9.72 Å². The molecular formula is C64H41N5O. The lowest BCUT2D eigenvalue weighted by Gasteiger charge is -2.17. The number of benzene rings is 10. The molecule has 0 aliphatic rings. The number of aromatic nitrogens is 5. The Kier molecular flexibility index (Phi) is 9.10. The third kappa shape index (κ3) is 6.35. The number of ether oxygens (including phenoxy) is 1. The van der Waals surface area contributed by atoms with Gasteiger partial charge in [0.15, 0.2) is 0 Å². The first-order valence-electron chi connectivity index (χ1n) is 23.6. The molecule has 70 heavy (non-hydrogen) atoms. The molecule has 0 atom stereocenters. The summed E-state index contributed by atoms with van der Waals surface area (Å²) in [5.41, 5.74) is 14.0. The SMILES string of the molecule is [c-]1n(-c2c(-c3ccccc3)cccc2-c2ccccc2)c2c3ccccc3ccc2[n+]1-c1cccc(Oc2ccc3c4ccccc4n(-c4cc(-n5c6ccccc6c6ccccc65)ccn4)c3c2)c1. The van der Waals surface area contributed by atoms with Crippen molar-refractivity contribution in [1.29, 1.82) is 0 Å². The summed E-state index contributed by atoms with van der Waals surface area (Å²) in [7, 11) is 0. The summed E-state index contributed by atoms with van der Waals surface area (Å²) in [6.45, 7) is 0. The molecule has 0 aliphatic carbocycles. The maximum Gasteiger partial charge on any atom is 0.269 e. The number of imidazole rings is 1. The molecular weight excluding hydrogens is 855 g/mol.